The average Bonchev–Trinajstić information content (AvgIpc) is 1.85. The van der Waals surface area contributed by atoms with Crippen molar-refractivity contribution in [1.82, 2.24) is 0 Å². The van der Waals surface area contributed by atoms with Crippen molar-refractivity contribution < 1.29 is 9.53 Å². The average molecular weight is 173 g/mol. The second-order valence-electron chi connectivity index (χ2n) is 3.39. The lowest BCUT2D eigenvalue weighted by molar-refractivity contribution is -0.144. The van der Waals surface area contributed by atoms with E-state index in [-0.39, 0.29) is 5.97 Å². The highest BCUT2D eigenvalue weighted by Gasteiger charge is 2.21. The van der Waals surface area contributed by atoms with Gasteiger partial charge in [-0.1, -0.05) is 13.3 Å². The summed E-state index contributed by atoms with van der Waals surface area (Å²) in [7, 11) is 0. The van der Waals surface area contributed by atoms with E-state index >= 15 is 0 Å². The first-order chi connectivity index (χ1) is 5.52. The normalized spacial score (nSPS) is 15.3. The Kier molecular flexibility index (Phi) is 4.90. The van der Waals surface area contributed by atoms with Crippen LogP contribution in [-0.4, -0.2) is 18.1 Å². The second-order valence-corrected chi connectivity index (χ2v) is 3.39. The third-order valence-electron chi connectivity index (χ3n) is 1.67. The Morgan fingerprint density at radius 1 is 1.50 bits per heavy atom. The van der Waals surface area contributed by atoms with Crippen LogP contribution in [0, 0.1) is 0 Å². The monoisotopic (exact) mass is 173 g/mol. The molecule has 0 fully saturated rings. The molecular weight excluding hydrogens is 154 g/mol. The van der Waals surface area contributed by atoms with Gasteiger partial charge in [0.25, 0.3) is 0 Å². The molecule has 1 unspecified atom stereocenters. The minimum atomic E-state index is -0.402. The van der Waals surface area contributed by atoms with Crippen LogP contribution in [0.3, 0.4) is 0 Å². The molecule has 0 spiro atoms. The summed E-state index contributed by atoms with van der Waals surface area (Å²) in [6, 6.07) is 0. The molecule has 0 rings (SSSR count). The molecule has 1 atom stereocenters. The first-order valence-electron chi connectivity index (χ1n) is 4.46. The molecule has 0 saturated heterocycles. The fourth-order valence-electron chi connectivity index (χ4n) is 1.20. The summed E-state index contributed by atoms with van der Waals surface area (Å²) in [5.74, 6) is -0.198. The number of ether oxygens (including phenoxy) is 1. The predicted molar refractivity (Wildman–Crippen MR) is 48.8 cm³/mol. The van der Waals surface area contributed by atoms with Gasteiger partial charge < -0.3 is 10.5 Å². The Labute approximate surface area is 74.3 Å². The zero-order valence-electron chi connectivity index (χ0n) is 8.22. The Balaban J connectivity index is 3.79. The Hall–Kier alpha value is -0.570. The standard InChI is InChI=1S/C9H19NO2/c1-4-6-9(3,10)7-8(11)12-5-2/h4-7,10H2,1-3H3. The maximum Gasteiger partial charge on any atom is 0.307 e. The van der Waals surface area contributed by atoms with Crippen LogP contribution in [0.25, 0.3) is 0 Å². The van der Waals surface area contributed by atoms with E-state index in [0.717, 1.165) is 12.8 Å². The molecule has 12 heavy (non-hydrogen) atoms. The third-order valence-corrected chi connectivity index (χ3v) is 1.67. The van der Waals surface area contributed by atoms with Gasteiger partial charge in [0.1, 0.15) is 0 Å². The Morgan fingerprint density at radius 3 is 2.50 bits per heavy atom. The lowest BCUT2D eigenvalue weighted by Crippen LogP contribution is -2.38. The highest BCUT2D eigenvalue weighted by atomic mass is 16.5. The molecule has 0 aliphatic rings. The summed E-state index contributed by atoms with van der Waals surface area (Å²) in [5.41, 5.74) is 5.46. The number of esters is 1. The zero-order chi connectivity index (χ0) is 9.61. The molecule has 0 aromatic heterocycles. The van der Waals surface area contributed by atoms with Crippen LogP contribution in [0.2, 0.25) is 0 Å². The topological polar surface area (TPSA) is 52.3 Å². The van der Waals surface area contributed by atoms with Gasteiger partial charge in [0.15, 0.2) is 0 Å². The van der Waals surface area contributed by atoms with Gasteiger partial charge in [-0.3, -0.25) is 4.79 Å². The fraction of sp³-hybridized carbons (Fsp3) is 0.889. The molecule has 0 saturated carbocycles. The lowest BCUT2D eigenvalue weighted by Gasteiger charge is -2.22. The second kappa shape index (κ2) is 5.14. The molecule has 0 heterocycles. The highest BCUT2D eigenvalue weighted by molar-refractivity contribution is 5.70. The number of carbonyl (C=O) groups is 1. The van der Waals surface area contributed by atoms with Crippen LogP contribution in [-0.2, 0) is 9.53 Å². The van der Waals surface area contributed by atoms with Crippen molar-refractivity contribution in [3.05, 3.63) is 0 Å². The Morgan fingerprint density at radius 2 is 2.08 bits per heavy atom. The van der Waals surface area contributed by atoms with Crippen LogP contribution >= 0.6 is 0 Å². The molecule has 0 aliphatic heterocycles. The smallest absolute Gasteiger partial charge is 0.307 e. The number of hydrogen-bond acceptors (Lipinski definition) is 3. The molecule has 3 nitrogen and oxygen atoms in total. The van der Waals surface area contributed by atoms with E-state index < -0.39 is 5.54 Å². The molecule has 0 amide bonds. The molecule has 0 aliphatic carbocycles. The Bertz CT molecular complexity index is 143. The zero-order valence-corrected chi connectivity index (χ0v) is 8.22. The van der Waals surface area contributed by atoms with Gasteiger partial charge in [-0.2, -0.15) is 0 Å². The van der Waals surface area contributed by atoms with Gasteiger partial charge in [0.05, 0.1) is 13.0 Å². The van der Waals surface area contributed by atoms with Crippen molar-refractivity contribution in [2.24, 2.45) is 5.73 Å². The van der Waals surface area contributed by atoms with Crippen LogP contribution in [0.1, 0.15) is 40.0 Å². The van der Waals surface area contributed by atoms with Crippen molar-refractivity contribution in [2.75, 3.05) is 6.61 Å². The van der Waals surface area contributed by atoms with Crippen molar-refractivity contribution in [3.63, 3.8) is 0 Å². The number of rotatable bonds is 5. The largest absolute Gasteiger partial charge is 0.466 e. The minimum Gasteiger partial charge on any atom is -0.466 e. The van der Waals surface area contributed by atoms with Crippen molar-refractivity contribution in [1.29, 1.82) is 0 Å². The first kappa shape index (κ1) is 11.4. The molecule has 0 radical (unpaired) electrons. The van der Waals surface area contributed by atoms with E-state index in [1.807, 2.05) is 6.92 Å². The van der Waals surface area contributed by atoms with Crippen LogP contribution in [0.5, 0.6) is 0 Å². The first-order valence-corrected chi connectivity index (χ1v) is 4.46. The van der Waals surface area contributed by atoms with Crippen LogP contribution in [0.15, 0.2) is 0 Å². The maximum absolute atomic E-state index is 11.0. The summed E-state index contributed by atoms with van der Waals surface area (Å²) in [5, 5.41) is 0. The molecular formula is C9H19NO2. The number of carbonyl (C=O) groups excluding carboxylic acids is 1. The molecule has 0 aromatic rings. The lowest BCUT2D eigenvalue weighted by atomic mass is 9.94. The predicted octanol–water partition coefficient (Wildman–Crippen LogP) is 1.46. The molecule has 0 bridgehead atoms. The van der Waals surface area contributed by atoms with E-state index in [1.54, 1.807) is 6.92 Å². The molecule has 3 heteroatoms. The summed E-state index contributed by atoms with van der Waals surface area (Å²) in [4.78, 5) is 11.0. The van der Waals surface area contributed by atoms with Gasteiger partial charge in [0.2, 0.25) is 0 Å². The van der Waals surface area contributed by atoms with E-state index in [9.17, 15) is 4.79 Å². The quantitative estimate of drug-likeness (QED) is 0.640. The highest BCUT2D eigenvalue weighted by Crippen LogP contribution is 2.13. The fourth-order valence-corrected chi connectivity index (χ4v) is 1.20. The van der Waals surface area contributed by atoms with Crippen molar-refractivity contribution >= 4 is 5.97 Å². The summed E-state index contributed by atoms with van der Waals surface area (Å²) in [6.07, 6.45) is 2.16. The summed E-state index contributed by atoms with van der Waals surface area (Å²) >= 11 is 0. The van der Waals surface area contributed by atoms with Gasteiger partial charge >= 0.3 is 5.97 Å². The van der Waals surface area contributed by atoms with E-state index in [2.05, 4.69) is 6.92 Å². The molecule has 72 valence electrons. The van der Waals surface area contributed by atoms with Gasteiger partial charge in [-0.15, -0.1) is 0 Å². The summed E-state index contributed by atoms with van der Waals surface area (Å²) < 4.78 is 4.81. The van der Waals surface area contributed by atoms with E-state index in [4.69, 9.17) is 10.5 Å². The minimum absolute atomic E-state index is 0.198. The SMILES string of the molecule is CCCC(C)(N)CC(=O)OCC. The van der Waals surface area contributed by atoms with Crippen LogP contribution in [0.4, 0.5) is 0 Å². The summed E-state index contributed by atoms with van der Waals surface area (Å²) in [6.45, 7) is 6.16. The van der Waals surface area contributed by atoms with Gasteiger partial charge in [0, 0.05) is 5.54 Å². The van der Waals surface area contributed by atoms with Crippen LogP contribution < -0.4 is 5.73 Å². The van der Waals surface area contributed by atoms with Gasteiger partial charge in [-0.25, -0.2) is 0 Å². The van der Waals surface area contributed by atoms with Crippen molar-refractivity contribution in [2.45, 2.75) is 45.6 Å². The van der Waals surface area contributed by atoms with E-state index in [0.29, 0.717) is 13.0 Å². The maximum atomic E-state index is 11.0. The molecule has 0 aromatic carbocycles. The number of hydrogen-bond donors (Lipinski definition) is 1. The third kappa shape index (κ3) is 5.13. The van der Waals surface area contributed by atoms with E-state index in [1.165, 1.54) is 0 Å². The molecule has 2 N–H and O–H groups in total. The number of nitrogens with two attached hydrogens (primary N) is 1. The van der Waals surface area contributed by atoms with Gasteiger partial charge in [-0.05, 0) is 20.3 Å². The van der Waals surface area contributed by atoms with Crippen molar-refractivity contribution in [3.8, 4) is 0 Å².